The van der Waals surface area contributed by atoms with Crippen LogP contribution in [0.5, 0.6) is 0 Å². The average molecular weight is 347 g/mol. The van der Waals surface area contributed by atoms with E-state index in [9.17, 15) is 4.79 Å². The van der Waals surface area contributed by atoms with Crippen molar-refractivity contribution in [3.63, 3.8) is 0 Å². The number of hydrogen-bond donors (Lipinski definition) is 3. The van der Waals surface area contributed by atoms with Crippen LogP contribution in [0.1, 0.15) is 43.3 Å². The zero-order valence-electron chi connectivity index (χ0n) is 13.7. The minimum Gasteiger partial charge on any atom is -0.377 e. The van der Waals surface area contributed by atoms with Gasteiger partial charge in [0.2, 0.25) is 0 Å². The third kappa shape index (κ3) is 3.82. The van der Waals surface area contributed by atoms with Crippen molar-refractivity contribution in [1.29, 1.82) is 0 Å². The van der Waals surface area contributed by atoms with E-state index in [0.717, 1.165) is 29.9 Å². The summed E-state index contributed by atoms with van der Waals surface area (Å²) in [5, 5.41) is 12.6. The lowest BCUT2D eigenvalue weighted by atomic mass is 10.1. The molecule has 1 fully saturated rings. The molecule has 1 aliphatic carbocycles. The van der Waals surface area contributed by atoms with Crippen LogP contribution in [-0.4, -0.2) is 27.9 Å². The van der Waals surface area contributed by atoms with Crippen LogP contribution in [0.2, 0.25) is 0 Å². The number of nitrogens with one attached hydrogen (secondary N) is 3. The molecule has 0 bridgehead atoms. The predicted molar refractivity (Wildman–Crippen MR) is 93.4 cm³/mol. The van der Waals surface area contributed by atoms with Gasteiger partial charge in [-0.3, -0.25) is 9.67 Å². The fraction of sp³-hybridized carbons (Fsp3) is 0.438. The number of hydrogen-bond acceptors (Lipinski definition) is 4. The Morgan fingerprint density at radius 2 is 2.33 bits per heavy atom. The Morgan fingerprint density at radius 3 is 3.04 bits per heavy atom. The third-order valence-electron chi connectivity index (χ3n) is 4.06. The lowest BCUT2D eigenvalue weighted by Crippen LogP contribution is -2.29. The predicted octanol–water partition coefficient (Wildman–Crippen LogP) is 3.30. The van der Waals surface area contributed by atoms with Crippen LogP contribution in [0.4, 0.5) is 10.5 Å². The SMILES string of the molecule is CO[C@H](C)c1cccc(NC(=O)NCc2n[nH]c(=S)n2C2CC2)c1. The van der Waals surface area contributed by atoms with E-state index in [1.807, 2.05) is 35.8 Å². The zero-order valence-corrected chi connectivity index (χ0v) is 14.5. The first-order valence-electron chi connectivity index (χ1n) is 7.92. The second kappa shape index (κ2) is 7.14. The number of H-pyrrole nitrogens is 1. The first-order valence-corrected chi connectivity index (χ1v) is 8.32. The van der Waals surface area contributed by atoms with Crippen LogP contribution < -0.4 is 10.6 Å². The Bertz CT molecular complexity index is 781. The van der Waals surface area contributed by atoms with Gasteiger partial charge in [-0.2, -0.15) is 5.10 Å². The second-order valence-electron chi connectivity index (χ2n) is 5.86. The highest BCUT2D eigenvalue weighted by atomic mass is 32.1. The van der Waals surface area contributed by atoms with Crippen LogP contribution in [0, 0.1) is 4.77 Å². The second-order valence-corrected chi connectivity index (χ2v) is 6.24. The monoisotopic (exact) mass is 347 g/mol. The molecule has 1 atom stereocenters. The van der Waals surface area contributed by atoms with Gasteiger partial charge in [0, 0.05) is 18.8 Å². The third-order valence-corrected chi connectivity index (χ3v) is 4.35. The Labute approximate surface area is 145 Å². The first-order chi connectivity index (χ1) is 11.6. The van der Waals surface area contributed by atoms with E-state index >= 15 is 0 Å². The van der Waals surface area contributed by atoms with Crippen LogP contribution in [0.25, 0.3) is 0 Å². The van der Waals surface area contributed by atoms with E-state index in [1.165, 1.54) is 0 Å². The number of nitrogens with zero attached hydrogens (tertiary/aromatic N) is 2. The fourth-order valence-corrected chi connectivity index (χ4v) is 2.81. The lowest BCUT2D eigenvalue weighted by Gasteiger charge is -2.12. The van der Waals surface area contributed by atoms with Gasteiger partial charge in [0.25, 0.3) is 0 Å². The summed E-state index contributed by atoms with van der Waals surface area (Å²) in [6.07, 6.45) is 2.19. The van der Waals surface area contributed by atoms with Gasteiger partial charge in [-0.25, -0.2) is 4.79 Å². The van der Waals surface area contributed by atoms with Gasteiger partial charge in [-0.15, -0.1) is 0 Å². The standard InChI is InChI=1S/C16H21N5O2S/c1-10(23-2)11-4-3-5-12(8-11)18-15(22)17-9-14-19-20-16(24)21(14)13-6-7-13/h3-5,8,10,13H,6-7,9H2,1-2H3,(H,20,24)(H2,17,18,22)/t10-/m1/s1. The normalized spacial score (nSPS) is 15.1. The highest BCUT2D eigenvalue weighted by Gasteiger charge is 2.27. The number of anilines is 1. The molecule has 1 saturated carbocycles. The molecule has 0 aliphatic heterocycles. The zero-order chi connectivity index (χ0) is 17.1. The van der Waals surface area contributed by atoms with Gasteiger partial charge in [-0.05, 0) is 49.7 Å². The van der Waals surface area contributed by atoms with Crippen molar-refractivity contribution in [3.05, 3.63) is 40.4 Å². The van der Waals surface area contributed by atoms with Crippen LogP contribution in [0.15, 0.2) is 24.3 Å². The molecular formula is C16H21N5O2S. The Hall–Kier alpha value is -2.19. The average Bonchev–Trinajstić information content (AvgIpc) is 3.35. The number of methoxy groups -OCH3 is 1. The van der Waals surface area contributed by atoms with Crippen molar-refractivity contribution in [2.45, 2.75) is 38.5 Å². The van der Waals surface area contributed by atoms with Crippen LogP contribution in [0.3, 0.4) is 0 Å². The van der Waals surface area contributed by atoms with E-state index in [0.29, 0.717) is 17.4 Å². The van der Waals surface area contributed by atoms with Crippen molar-refractivity contribution in [3.8, 4) is 0 Å². The Kier molecular flexibility index (Phi) is 4.96. The van der Waals surface area contributed by atoms with Gasteiger partial charge in [0.1, 0.15) is 0 Å². The summed E-state index contributed by atoms with van der Waals surface area (Å²) < 4.78 is 7.88. The van der Waals surface area contributed by atoms with E-state index in [1.54, 1.807) is 7.11 Å². The summed E-state index contributed by atoms with van der Waals surface area (Å²) in [7, 11) is 1.66. The van der Waals surface area contributed by atoms with Crippen molar-refractivity contribution in [2.24, 2.45) is 0 Å². The van der Waals surface area contributed by atoms with Crippen LogP contribution >= 0.6 is 12.2 Å². The van der Waals surface area contributed by atoms with Crippen molar-refractivity contribution in [2.75, 3.05) is 12.4 Å². The van der Waals surface area contributed by atoms with Gasteiger partial charge in [0.05, 0.1) is 12.6 Å². The van der Waals surface area contributed by atoms with Gasteiger partial charge in [0.15, 0.2) is 10.6 Å². The van der Waals surface area contributed by atoms with Crippen molar-refractivity contribution in [1.82, 2.24) is 20.1 Å². The number of aromatic amines is 1. The number of benzene rings is 1. The summed E-state index contributed by atoms with van der Waals surface area (Å²) in [5.74, 6) is 0.749. The fourth-order valence-electron chi connectivity index (χ4n) is 2.51. The molecular weight excluding hydrogens is 326 g/mol. The summed E-state index contributed by atoms with van der Waals surface area (Å²) >= 11 is 5.23. The molecule has 24 heavy (non-hydrogen) atoms. The number of amides is 2. The van der Waals surface area contributed by atoms with E-state index < -0.39 is 0 Å². The summed E-state index contributed by atoms with van der Waals surface area (Å²) in [6.45, 7) is 2.28. The summed E-state index contributed by atoms with van der Waals surface area (Å²) in [5.41, 5.74) is 1.72. The molecule has 3 N–H and O–H groups in total. The molecule has 0 saturated heterocycles. The van der Waals surface area contributed by atoms with Crippen molar-refractivity contribution >= 4 is 23.9 Å². The Balaban J connectivity index is 1.59. The van der Waals surface area contributed by atoms with E-state index in [4.69, 9.17) is 17.0 Å². The molecule has 1 aliphatic rings. The molecule has 7 nitrogen and oxygen atoms in total. The molecule has 0 unspecified atom stereocenters. The number of carbonyl (C=O) groups excluding carboxylic acids is 1. The molecule has 1 heterocycles. The maximum absolute atomic E-state index is 12.1. The molecule has 1 aromatic heterocycles. The van der Waals surface area contributed by atoms with Gasteiger partial charge >= 0.3 is 6.03 Å². The number of carbonyl (C=O) groups is 1. The molecule has 0 radical (unpaired) electrons. The maximum atomic E-state index is 12.1. The largest absolute Gasteiger partial charge is 0.377 e. The first kappa shape index (κ1) is 16.7. The Morgan fingerprint density at radius 1 is 1.54 bits per heavy atom. The molecule has 2 amide bonds. The number of aromatic nitrogens is 3. The molecule has 2 aromatic rings. The lowest BCUT2D eigenvalue weighted by molar-refractivity contribution is 0.119. The van der Waals surface area contributed by atoms with Gasteiger partial charge in [-0.1, -0.05) is 12.1 Å². The highest BCUT2D eigenvalue weighted by Crippen LogP contribution is 2.35. The molecule has 128 valence electrons. The number of ether oxygens (including phenoxy) is 1. The van der Waals surface area contributed by atoms with E-state index in [2.05, 4.69) is 20.8 Å². The smallest absolute Gasteiger partial charge is 0.319 e. The number of rotatable bonds is 6. The minimum atomic E-state index is -0.284. The molecule has 0 spiro atoms. The summed E-state index contributed by atoms with van der Waals surface area (Å²) in [6, 6.07) is 7.72. The quantitative estimate of drug-likeness (QED) is 0.700. The molecule has 8 heteroatoms. The van der Waals surface area contributed by atoms with Crippen LogP contribution in [-0.2, 0) is 11.3 Å². The van der Waals surface area contributed by atoms with Crippen molar-refractivity contribution < 1.29 is 9.53 Å². The number of urea groups is 1. The van der Waals surface area contributed by atoms with Gasteiger partial charge < -0.3 is 15.4 Å². The molecule has 3 rings (SSSR count). The summed E-state index contributed by atoms with van der Waals surface area (Å²) in [4.78, 5) is 12.1. The minimum absolute atomic E-state index is 0.0261. The van der Waals surface area contributed by atoms with E-state index in [-0.39, 0.29) is 12.1 Å². The molecule has 1 aromatic carbocycles. The maximum Gasteiger partial charge on any atom is 0.319 e. The topological polar surface area (TPSA) is 84.0 Å². The highest BCUT2D eigenvalue weighted by molar-refractivity contribution is 7.71.